The van der Waals surface area contributed by atoms with Gasteiger partial charge in [-0.3, -0.25) is 14.4 Å². The van der Waals surface area contributed by atoms with E-state index in [9.17, 15) is 14.4 Å². The van der Waals surface area contributed by atoms with E-state index in [1.54, 1.807) is 22.8 Å². The van der Waals surface area contributed by atoms with Gasteiger partial charge in [-0.1, -0.05) is 20.8 Å². The maximum Gasteiger partial charge on any atom is 0.289 e. The van der Waals surface area contributed by atoms with Gasteiger partial charge in [0.05, 0.1) is 13.1 Å². The molecule has 0 unspecified atom stereocenters. The predicted molar refractivity (Wildman–Crippen MR) is 126 cm³/mol. The molecule has 0 aromatic carbocycles. The quantitative estimate of drug-likeness (QED) is 0.580. The van der Waals surface area contributed by atoms with Gasteiger partial charge in [-0.2, -0.15) is 0 Å². The highest BCUT2D eigenvalue weighted by molar-refractivity contribution is 5.91. The molecule has 2 aromatic heterocycles. The number of amides is 3. The number of carbonyl (C=O) groups is 3. The number of rotatable bonds is 9. The number of hydrogen-bond donors (Lipinski definition) is 0. The van der Waals surface area contributed by atoms with Crippen molar-refractivity contribution in [1.82, 2.24) is 19.3 Å². The molecule has 0 bridgehead atoms. The van der Waals surface area contributed by atoms with Crippen molar-refractivity contribution in [3.05, 3.63) is 47.7 Å². The van der Waals surface area contributed by atoms with Crippen molar-refractivity contribution in [2.45, 2.75) is 53.6 Å². The van der Waals surface area contributed by atoms with Crippen molar-refractivity contribution in [2.24, 2.45) is 5.92 Å². The monoisotopic (exact) mass is 456 g/mol. The standard InChI is InChI=1S/C25H36N4O4/c1-5-10-29(24(31)16-19(2)3)17-21-7-6-11-28(21)18-22-8-9-23(33-22)25(32)27-14-12-26(13-15-27)20(4)30/h6-9,11,19H,5,10,12-18H2,1-4H3. The van der Waals surface area contributed by atoms with Gasteiger partial charge in [0.25, 0.3) is 5.91 Å². The van der Waals surface area contributed by atoms with Crippen LogP contribution in [0.2, 0.25) is 0 Å². The molecule has 8 heteroatoms. The number of hydrogen-bond acceptors (Lipinski definition) is 4. The summed E-state index contributed by atoms with van der Waals surface area (Å²) in [5.41, 5.74) is 1.03. The summed E-state index contributed by atoms with van der Waals surface area (Å²) >= 11 is 0. The van der Waals surface area contributed by atoms with Crippen LogP contribution >= 0.6 is 0 Å². The Bertz CT molecular complexity index is 953. The molecule has 3 amide bonds. The van der Waals surface area contributed by atoms with Gasteiger partial charge < -0.3 is 23.7 Å². The number of carbonyl (C=O) groups excluding carboxylic acids is 3. The molecule has 0 aliphatic carbocycles. The number of piperazine rings is 1. The van der Waals surface area contributed by atoms with Gasteiger partial charge in [0.2, 0.25) is 11.8 Å². The molecule has 1 aliphatic rings. The molecule has 2 aromatic rings. The van der Waals surface area contributed by atoms with Gasteiger partial charge in [0.15, 0.2) is 5.76 Å². The van der Waals surface area contributed by atoms with E-state index < -0.39 is 0 Å². The number of aromatic nitrogens is 1. The summed E-state index contributed by atoms with van der Waals surface area (Å²) in [4.78, 5) is 42.4. The lowest BCUT2D eigenvalue weighted by Gasteiger charge is -2.33. The van der Waals surface area contributed by atoms with Crippen molar-refractivity contribution in [3.63, 3.8) is 0 Å². The molecule has 0 atom stereocenters. The number of nitrogens with zero attached hydrogens (tertiary/aromatic N) is 4. The van der Waals surface area contributed by atoms with E-state index in [4.69, 9.17) is 4.42 Å². The van der Waals surface area contributed by atoms with Gasteiger partial charge in [-0.25, -0.2) is 0 Å². The van der Waals surface area contributed by atoms with Crippen LogP contribution in [0.1, 0.15) is 62.5 Å². The van der Waals surface area contributed by atoms with Gasteiger partial charge >= 0.3 is 0 Å². The van der Waals surface area contributed by atoms with Gasteiger partial charge in [0, 0.05) is 58.0 Å². The van der Waals surface area contributed by atoms with E-state index in [0.29, 0.717) is 63.1 Å². The smallest absolute Gasteiger partial charge is 0.289 e. The second kappa shape index (κ2) is 11.2. The maximum absolute atomic E-state index is 12.8. The van der Waals surface area contributed by atoms with Crippen LogP contribution in [-0.2, 0) is 22.7 Å². The van der Waals surface area contributed by atoms with Crippen LogP contribution in [0.4, 0.5) is 0 Å². The molecular formula is C25H36N4O4. The SMILES string of the molecule is CCCN(Cc1cccn1Cc1ccc(C(=O)N2CCN(C(C)=O)CC2)o1)C(=O)CC(C)C. The Balaban J connectivity index is 1.63. The molecule has 0 radical (unpaired) electrons. The molecule has 1 saturated heterocycles. The molecule has 3 heterocycles. The van der Waals surface area contributed by atoms with Gasteiger partial charge in [-0.05, 0) is 36.6 Å². The van der Waals surface area contributed by atoms with Crippen LogP contribution in [-0.4, -0.2) is 69.7 Å². The fourth-order valence-electron chi connectivity index (χ4n) is 4.11. The minimum Gasteiger partial charge on any atom is -0.454 e. The Morgan fingerprint density at radius 2 is 1.76 bits per heavy atom. The van der Waals surface area contributed by atoms with Crippen molar-refractivity contribution < 1.29 is 18.8 Å². The first-order valence-electron chi connectivity index (χ1n) is 11.8. The summed E-state index contributed by atoms with van der Waals surface area (Å²) in [6.45, 7) is 11.6. The molecule has 8 nitrogen and oxygen atoms in total. The highest BCUT2D eigenvalue weighted by Gasteiger charge is 2.25. The summed E-state index contributed by atoms with van der Waals surface area (Å²) < 4.78 is 7.94. The lowest BCUT2D eigenvalue weighted by Crippen LogP contribution is -2.50. The lowest BCUT2D eigenvalue weighted by atomic mass is 10.1. The van der Waals surface area contributed by atoms with Crippen LogP contribution in [0.25, 0.3) is 0 Å². The zero-order valence-corrected chi connectivity index (χ0v) is 20.2. The van der Waals surface area contributed by atoms with E-state index in [0.717, 1.165) is 18.7 Å². The van der Waals surface area contributed by atoms with Crippen molar-refractivity contribution in [3.8, 4) is 0 Å². The Labute approximate surface area is 196 Å². The average Bonchev–Trinajstić information content (AvgIpc) is 3.42. The molecule has 0 spiro atoms. The van der Waals surface area contributed by atoms with Crippen molar-refractivity contribution in [1.29, 1.82) is 0 Å². The lowest BCUT2D eigenvalue weighted by molar-refractivity contribution is -0.132. The number of furan rings is 1. The summed E-state index contributed by atoms with van der Waals surface area (Å²) in [6.07, 6.45) is 3.43. The van der Waals surface area contributed by atoms with Crippen LogP contribution in [0.5, 0.6) is 0 Å². The highest BCUT2D eigenvalue weighted by Crippen LogP contribution is 2.17. The third kappa shape index (κ3) is 6.49. The third-order valence-corrected chi connectivity index (χ3v) is 5.92. The predicted octanol–water partition coefficient (Wildman–Crippen LogP) is 3.22. The third-order valence-electron chi connectivity index (χ3n) is 5.92. The molecule has 3 rings (SSSR count). The van der Waals surface area contributed by atoms with Crippen molar-refractivity contribution in [2.75, 3.05) is 32.7 Å². The molecular weight excluding hydrogens is 420 g/mol. The van der Waals surface area contributed by atoms with Crippen LogP contribution in [0.3, 0.4) is 0 Å². The minimum absolute atomic E-state index is 0.0355. The first-order valence-corrected chi connectivity index (χ1v) is 11.8. The summed E-state index contributed by atoms with van der Waals surface area (Å²) in [6, 6.07) is 7.54. The topological polar surface area (TPSA) is 79.0 Å². The zero-order chi connectivity index (χ0) is 24.0. The van der Waals surface area contributed by atoms with Crippen LogP contribution < -0.4 is 0 Å². The summed E-state index contributed by atoms with van der Waals surface area (Å²) in [7, 11) is 0. The van der Waals surface area contributed by atoms with E-state index >= 15 is 0 Å². The second-order valence-corrected chi connectivity index (χ2v) is 9.10. The second-order valence-electron chi connectivity index (χ2n) is 9.10. The normalized spacial score (nSPS) is 14.1. The first-order chi connectivity index (χ1) is 15.8. The first kappa shape index (κ1) is 24.6. The Hall–Kier alpha value is -3.03. The zero-order valence-electron chi connectivity index (χ0n) is 20.2. The maximum atomic E-state index is 12.8. The molecule has 33 heavy (non-hydrogen) atoms. The van der Waals surface area contributed by atoms with E-state index in [2.05, 4.69) is 25.3 Å². The summed E-state index contributed by atoms with van der Waals surface area (Å²) in [5.74, 6) is 1.39. The largest absolute Gasteiger partial charge is 0.454 e. The minimum atomic E-state index is -0.148. The van der Waals surface area contributed by atoms with Gasteiger partial charge in [0.1, 0.15) is 5.76 Å². The van der Waals surface area contributed by atoms with E-state index in [1.807, 2.05) is 29.3 Å². The van der Waals surface area contributed by atoms with Crippen LogP contribution in [0.15, 0.2) is 34.9 Å². The van der Waals surface area contributed by atoms with Crippen molar-refractivity contribution >= 4 is 17.7 Å². The Morgan fingerprint density at radius 3 is 2.39 bits per heavy atom. The van der Waals surface area contributed by atoms with E-state index in [1.165, 1.54) is 0 Å². The average molecular weight is 457 g/mol. The Kier molecular flexibility index (Phi) is 8.36. The Morgan fingerprint density at radius 1 is 1.06 bits per heavy atom. The van der Waals surface area contributed by atoms with Gasteiger partial charge in [-0.15, -0.1) is 0 Å². The van der Waals surface area contributed by atoms with E-state index in [-0.39, 0.29) is 17.7 Å². The molecule has 0 saturated carbocycles. The molecule has 0 N–H and O–H groups in total. The highest BCUT2D eigenvalue weighted by atomic mass is 16.4. The van der Waals surface area contributed by atoms with Crippen LogP contribution in [0, 0.1) is 5.92 Å². The summed E-state index contributed by atoms with van der Waals surface area (Å²) in [5, 5.41) is 0. The fourth-order valence-corrected chi connectivity index (χ4v) is 4.11. The molecule has 180 valence electrons. The molecule has 1 fully saturated rings. The molecule has 1 aliphatic heterocycles. The fraction of sp³-hybridized carbons (Fsp3) is 0.560.